The lowest BCUT2D eigenvalue weighted by atomic mass is 10.2. The molecule has 0 saturated carbocycles. The smallest absolute Gasteiger partial charge is 0.245 e. The number of carbonyl (C=O) groups is 1. The monoisotopic (exact) mass is 276 g/mol. The molecular formula is C13H12N2O3S. The van der Waals surface area contributed by atoms with E-state index in [0.29, 0.717) is 5.56 Å². The molecule has 0 aliphatic rings. The number of hydrazone groups is 1. The predicted molar refractivity (Wildman–Crippen MR) is 73.5 cm³/mol. The van der Waals surface area contributed by atoms with Gasteiger partial charge in [0.25, 0.3) is 0 Å². The lowest BCUT2D eigenvalue weighted by molar-refractivity contribution is -0.120. The van der Waals surface area contributed by atoms with Crippen LogP contribution in [0.3, 0.4) is 0 Å². The molecular weight excluding hydrogens is 264 g/mol. The van der Waals surface area contributed by atoms with Gasteiger partial charge in [0, 0.05) is 4.88 Å². The van der Waals surface area contributed by atoms with E-state index in [-0.39, 0.29) is 23.8 Å². The van der Waals surface area contributed by atoms with Gasteiger partial charge < -0.3 is 10.2 Å². The fourth-order valence-electron chi connectivity index (χ4n) is 1.41. The van der Waals surface area contributed by atoms with Crippen LogP contribution in [0.25, 0.3) is 0 Å². The number of amides is 1. The molecule has 19 heavy (non-hydrogen) atoms. The number of benzene rings is 1. The van der Waals surface area contributed by atoms with Gasteiger partial charge in [0.1, 0.15) is 0 Å². The number of hydrogen-bond acceptors (Lipinski definition) is 5. The molecule has 98 valence electrons. The highest BCUT2D eigenvalue weighted by Crippen LogP contribution is 2.23. The highest BCUT2D eigenvalue weighted by atomic mass is 32.1. The molecule has 0 spiro atoms. The molecule has 1 aromatic heterocycles. The SMILES string of the molecule is O=C(Cc1cccs1)N/N=C\c1ccc(O)c(O)c1. The van der Waals surface area contributed by atoms with E-state index in [9.17, 15) is 9.90 Å². The number of rotatable bonds is 4. The molecule has 1 heterocycles. The second-order valence-electron chi connectivity index (χ2n) is 3.80. The summed E-state index contributed by atoms with van der Waals surface area (Å²) in [4.78, 5) is 12.5. The Morgan fingerprint density at radius 3 is 2.84 bits per heavy atom. The Hall–Kier alpha value is -2.34. The first-order valence-corrected chi connectivity index (χ1v) is 6.39. The Labute approximate surface area is 113 Å². The van der Waals surface area contributed by atoms with E-state index in [2.05, 4.69) is 10.5 Å². The molecule has 1 aromatic carbocycles. The summed E-state index contributed by atoms with van der Waals surface area (Å²) in [6.45, 7) is 0. The van der Waals surface area contributed by atoms with Crippen LogP contribution in [0.4, 0.5) is 0 Å². The van der Waals surface area contributed by atoms with Gasteiger partial charge in [0.2, 0.25) is 5.91 Å². The van der Waals surface area contributed by atoms with Gasteiger partial charge >= 0.3 is 0 Å². The first-order chi connectivity index (χ1) is 9.15. The van der Waals surface area contributed by atoms with Gasteiger partial charge in [-0.25, -0.2) is 5.43 Å². The summed E-state index contributed by atoms with van der Waals surface area (Å²) < 4.78 is 0. The summed E-state index contributed by atoms with van der Waals surface area (Å²) in [7, 11) is 0. The summed E-state index contributed by atoms with van der Waals surface area (Å²) >= 11 is 1.51. The number of hydrogen-bond donors (Lipinski definition) is 3. The molecule has 1 amide bonds. The molecule has 2 rings (SSSR count). The van der Waals surface area contributed by atoms with E-state index in [1.54, 1.807) is 6.07 Å². The van der Waals surface area contributed by atoms with E-state index in [4.69, 9.17) is 5.11 Å². The Balaban J connectivity index is 1.89. The first kappa shape index (κ1) is 13.1. The van der Waals surface area contributed by atoms with Gasteiger partial charge in [-0.2, -0.15) is 5.10 Å². The van der Waals surface area contributed by atoms with Crippen LogP contribution in [0.5, 0.6) is 11.5 Å². The lowest BCUT2D eigenvalue weighted by Gasteiger charge is -1.99. The van der Waals surface area contributed by atoms with Gasteiger partial charge in [0.05, 0.1) is 12.6 Å². The van der Waals surface area contributed by atoms with Gasteiger partial charge in [-0.1, -0.05) is 6.07 Å². The molecule has 2 aromatic rings. The van der Waals surface area contributed by atoms with Crippen molar-refractivity contribution in [3.05, 3.63) is 46.2 Å². The van der Waals surface area contributed by atoms with Crippen LogP contribution in [0, 0.1) is 0 Å². The Morgan fingerprint density at radius 2 is 2.16 bits per heavy atom. The fraction of sp³-hybridized carbons (Fsp3) is 0.0769. The van der Waals surface area contributed by atoms with Crippen molar-refractivity contribution in [1.29, 1.82) is 0 Å². The van der Waals surface area contributed by atoms with Gasteiger partial charge in [-0.3, -0.25) is 4.79 Å². The van der Waals surface area contributed by atoms with Crippen molar-refractivity contribution in [3.8, 4) is 11.5 Å². The predicted octanol–water partition coefficient (Wildman–Crippen LogP) is 1.85. The van der Waals surface area contributed by atoms with Crippen LogP contribution in [0.15, 0.2) is 40.8 Å². The van der Waals surface area contributed by atoms with Crippen molar-refractivity contribution in [3.63, 3.8) is 0 Å². The Bertz CT molecular complexity index is 594. The van der Waals surface area contributed by atoms with Crippen molar-refractivity contribution >= 4 is 23.5 Å². The number of phenolic OH excluding ortho intramolecular Hbond substituents is 2. The minimum absolute atomic E-state index is 0.195. The first-order valence-electron chi connectivity index (χ1n) is 5.51. The third-order valence-corrected chi connectivity index (χ3v) is 3.19. The molecule has 0 radical (unpaired) electrons. The molecule has 0 bridgehead atoms. The lowest BCUT2D eigenvalue weighted by Crippen LogP contribution is -2.19. The number of aromatic hydroxyl groups is 2. The van der Waals surface area contributed by atoms with Crippen molar-refractivity contribution in [1.82, 2.24) is 5.43 Å². The highest BCUT2D eigenvalue weighted by molar-refractivity contribution is 7.10. The largest absolute Gasteiger partial charge is 0.504 e. The molecule has 0 aliphatic carbocycles. The van der Waals surface area contributed by atoms with Crippen LogP contribution < -0.4 is 5.43 Å². The number of thiophene rings is 1. The molecule has 6 heteroatoms. The van der Waals surface area contributed by atoms with Crippen molar-refractivity contribution < 1.29 is 15.0 Å². The maximum atomic E-state index is 11.5. The maximum absolute atomic E-state index is 11.5. The van der Waals surface area contributed by atoms with Crippen LogP contribution in [-0.2, 0) is 11.2 Å². The van der Waals surface area contributed by atoms with Gasteiger partial charge in [-0.15, -0.1) is 11.3 Å². The van der Waals surface area contributed by atoms with Crippen LogP contribution in [-0.4, -0.2) is 22.3 Å². The molecule has 0 fully saturated rings. The summed E-state index contributed by atoms with van der Waals surface area (Å²) in [5.41, 5.74) is 2.97. The third kappa shape index (κ3) is 3.82. The van der Waals surface area contributed by atoms with Gasteiger partial charge in [0.15, 0.2) is 11.5 Å². The second-order valence-corrected chi connectivity index (χ2v) is 4.83. The maximum Gasteiger partial charge on any atom is 0.245 e. The molecule has 0 atom stereocenters. The topological polar surface area (TPSA) is 81.9 Å². The van der Waals surface area contributed by atoms with Crippen LogP contribution >= 0.6 is 11.3 Å². The third-order valence-electron chi connectivity index (χ3n) is 2.32. The highest BCUT2D eigenvalue weighted by Gasteiger charge is 2.02. The van der Waals surface area contributed by atoms with E-state index < -0.39 is 0 Å². The van der Waals surface area contributed by atoms with Crippen molar-refractivity contribution in [2.45, 2.75) is 6.42 Å². The zero-order valence-electron chi connectivity index (χ0n) is 9.91. The second kappa shape index (κ2) is 6.01. The zero-order valence-corrected chi connectivity index (χ0v) is 10.7. The normalized spacial score (nSPS) is 10.7. The summed E-state index contributed by atoms with van der Waals surface area (Å²) in [6, 6.07) is 8.04. The minimum atomic E-state index is -0.228. The van der Waals surface area contributed by atoms with E-state index in [1.165, 1.54) is 29.7 Å². The number of nitrogens with one attached hydrogen (secondary N) is 1. The molecule has 0 aliphatic heterocycles. The van der Waals surface area contributed by atoms with Crippen LogP contribution in [0.1, 0.15) is 10.4 Å². The van der Waals surface area contributed by atoms with E-state index >= 15 is 0 Å². The quantitative estimate of drug-likeness (QED) is 0.453. The van der Waals surface area contributed by atoms with E-state index in [0.717, 1.165) is 4.88 Å². The Kier molecular flexibility index (Phi) is 4.15. The molecule has 3 N–H and O–H groups in total. The number of carbonyl (C=O) groups excluding carboxylic acids is 1. The fourth-order valence-corrected chi connectivity index (χ4v) is 2.11. The zero-order chi connectivity index (χ0) is 13.7. The minimum Gasteiger partial charge on any atom is -0.504 e. The summed E-state index contributed by atoms with van der Waals surface area (Å²) in [5, 5.41) is 24.1. The number of phenols is 2. The van der Waals surface area contributed by atoms with Crippen LogP contribution in [0.2, 0.25) is 0 Å². The van der Waals surface area contributed by atoms with E-state index in [1.807, 2.05) is 17.5 Å². The number of nitrogens with zero attached hydrogens (tertiary/aromatic N) is 1. The Morgan fingerprint density at radius 1 is 1.32 bits per heavy atom. The summed E-state index contributed by atoms with van der Waals surface area (Å²) in [5.74, 6) is -0.630. The molecule has 0 unspecified atom stereocenters. The van der Waals surface area contributed by atoms with Gasteiger partial charge in [-0.05, 0) is 35.2 Å². The van der Waals surface area contributed by atoms with Crippen molar-refractivity contribution in [2.75, 3.05) is 0 Å². The van der Waals surface area contributed by atoms with Crippen molar-refractivity contribution in [2.24, 2.45) is 5.10 Å². The molecule has 0 saturated heterocycles. The summed E-state index contributed by atoms with van der Waals surface area (Å²) in [6.07, 6.45) is 1.68. The molecule has 5 nitrogen and oxygen atoms in total. The standard InChI is InChI=1S/C13H12N2O3S/c16-11-4-3-9(6-12(11)17)8-14-15-13(18)7-10-2-1-5-19-10/h1-6,8,16-17H,7H2,(H,15,18)/b14-8-. The average Bonchev–Trinajstić information content (AvgIpc) is 2.86. The average molecular weight is 276 g/mol.